The highest BCUT2D eigenvalue weighted by Gasteiger charge is 2.40. The van der Waals surface area contributed by atoms with E-state index in [0.29, 0.717) is 23.5 Å². The van der Waals surface area contributed by atoms with Gasteiger partial charge in [0.15, 0.2) is 0 Å². The highest BCUT2D eigenvalue weighted by molar-refractivity contribution is 6.53. The van der Waals surface area contributed by atoms with Crippen LogP contribution in [0.25, 0.3) is 0 Å². The molecular formula is C28H26ClN3O5. The summed E-state index contributed by atoms with van der Waals surface area (Å²) in [6.45, 7) is 4.34. The third kappa shape index (κ3) is 5.01. The Morgan fingerprint density at radius 3 is 2.41 bits per heavy atom. The number of hydrogen-bond donors (Lipinski definition) is 1. The number of methoxy groups -OCH3 is 2. The first-order valence-corrected chi connectivity index (χ1v) is 11.9. The second-order valence-corrected chi connectivity index (χ2v) is 8.64. The number of imide groups is 1. The van der Waals surface area contributed by atoms with Gasteiger partial charge in [0.05, 0.1) is 19.9 Å². The monoisotopic (exact) mass is 519 g/mol. The lowest BCUT2D eigenvalue weighted by Gasteiger charge is -2.22. The summed E-state index contributed by atoms with van der Waals surface area (Å²) in [5.41, 5.74) is 2.81. The van der Waals surface area contributed by atoms with Gasteiger partial charge in [0.1, 0.15) is 22.2 Å². The molecule has 1 aliphatic heterocycles. The van der Waals surface area contributed by atoms with Crippen molar-refractivity contribution in [2.24, 2.45) is 0 Å². The smallest absolute Gasteiger partial charge is 0.283 e. The zero-order valence-electron chi connectivity index (χ0n) is 20.9. The van der Waals surface area contributed by atoms with Crippen LogP contribution < -0.4 is 24.6 Å². The summed E-state index contributed by atoms with van der Waals surface area (Å²) in [5.74, 6) is -0.762. The summed E-state index contributed by atoms with van der Waals surface area (Å²) < 4.78 is 10.5. The van der Waals surface area contributed by atoms with Crippen LogP contribution in [-0.2, 0) is 9.59 Å². The first kappa shape index (κ1) is 25.8. The molecular weight excluding hydrogens is 494 g/mol. The minimum Gasteiger partial charge on any atom is -0.497 e. The predicted octanol–water partition coefficient (Wildman–Crippen LogP) is 5.11. The summed E-state index contributed by atoms with van der Waals surface area (Å²) in [6, 6.07) is 19.1. The van der Waals surface area contributed by atoms with Crippen molar-refractivity contribution in [2.45, 2.75) is 13.8 Å². The molecule has 8 nitrogen and oxygen atoms in total. The lowest BCUT2D eigenvalue weighted by molar-refractivity contribution is -0.120. The van der Waals surface area contributed by atoms with E-state index in [4.69, 9.17) is 21.1 Å². The van der Waals surface area contributed by atoms with E-state index in [1.54, 1.807) is 47.4 Å². The molecule has 1 N–H and O–H groups in total. The van der Waals surface area contributed by atoms with Crippen LogP contribution in [-0.4, -0.2) is 38.5 Å². The number of carbonyl (C=O) groups excluding carboxylic acids is 3. The fourth-order valence-corrected chi connectivity index (χ4v) is 4.28. The average molecular weight is 520 g/mol. The third-order valence-corrected chi connectivity index (χ3v) is 6.26. The van der Waals surface area contributed by atoms with Crippen LogP contribution in [0.4, 0.5) is 17.1 Å². The summed E-state index contributed by atoms with van der Waals surface area (Å²) in [4.78, 5) is 42.2. The second kappa shape index (κ2) is 10.8. The first-order chi connectivity index (χ1) is 17.8. The van der Waals surface area contributed by atoms with Crippen LogP contribution in [0.15, 0.2) is 77.5 Å². The number of nitrogens with zero attached hydrogens (tertiary/aromatic N) is 2. The molecule has 0 fully saturated rings. The highest BCUT2D eigenvalue weighted by atomic mass is 35.5. The predicted molar refractivity (Wildman–Crippen MR) is 144 cm³/mol. The van der Waals surface area contributed by atoms with Gasteiger partial charge in [0.25, 0.3) is 17.7 Å². The minimum absolute atomic E-state index is 0.0971. The first-order valence-electron chi connectivity index (χ1n) is 11.5. The molecule has 190 valence electrons. The molecule has 0 atom stereocenters. The van der Waals surface area contributed by atoms with Gasteiger partial charge in [0, 0.05) is 29.5 Å². The maximum atomic E-state index is 13.3. The molecule has 9 heteroatoms. The average Bonchev–Trinajstić information content (AvgIpc) is 3.11. The van der Waals surface area contributed by atoms with Crippen molar-refractivity contribution in [3.05, 3.63) is 88.6 Å². The van der Waals surface area contributed by atoms with E-state index in [1.165, 1.54) is 14.2 Å². The molecule has 3 aromatic carbocycles. The SMILES string of the molecule is CCN(C(=O)c1cccc(NC2=C(Cl)C(=O)N(c3ccc(OC)cc3OC)C2=O)c1)c1cccc(C)c1. The van der Waals surface area contributed by atoms with Crippen molar-refractivity contribution in [2.75, 3.05) is 35.9 Å². The van der Waals surface area contributed by atoms with Crippen LogP contribution >= 0.6 is 11.6 Å². The standard InChI is InChI=1S/C28H26ClN3O5/c1-5-31(20-11-6-8-17(2)14-20)26(33)18-9-7-10-19(15-18)30-25-24(29)27(34)32(28(25)35)22-13-12-21(36-3)16-23(22)37-4/h6-16,30H,5H2,1-4H3. The molecule has 0 aromatic heterocycles. The molecule has 0 spiro atoms. The Bertz CT molecular complexity index is 1420. The molecule has 1 heterocycles. The van der Waals surface area contributed by atoms with Gasteiger partial charge in [-0.1, -0.05) is 29.8 Å². The second-order valence-electron chi connectivity index (χ2n) is 8.27. The quantitative estimate of drug-likeness (QED) is 0.416. The fraction of sp³-hybridized carbons (Fsp3) is 0.179. The third-order valence-electron chi connectivity index (χ3n) is 5.91. The van der Waals surface area contributed by atoms with Crippen molar-refractivity contribution < 1.29 is 23.9 Å². The number of anilines is 3. The molecule has 37 heavy (non-hydrogen) atoms. The maximum absolute atomic E-state index is 13.3. The molecule has 0 radical (unpaired) electrons. The molecule has 0 bridgehead atoms. The number of carbonyl (C=O) groups is 3. The van der Waals surface area contributed by atoms with Crippen molar-refractivity contribution >= 4 is 46.4 Å². The number of ether oxygens (including phenoxy) is 2. The molecule has 0 saturated carbocycles. The van der Waals surface area contributed by atoms with Crippen LogP contribution in [0.2, 0.25) is 0 Å². The normalized spacial score (nSPS) is 13.2. The van der Waals surface area contributed by atoms with Gasteiger partial charge in [-0.2, -0.15) is 0 Å². The van der Waals surface area contributed by atoms with Crippen LogP contribution in [0.1, 0.15) is 22.8 Å². The molecule has 1 aliphatic rings. The van der Waals surface area contributed by atoms with E-state index in [0.717, 1.165) is 16.2 Å². The Balaban J connectivity index is 1.60. The van der Waals surface area contributed by atoms with Gasteiger partial charge < -0.3 is 19.7 Å². The highest BCUT2D eigenvalue weighted by Crippen LogP contribution is 2.37. The van der Waals surface area contributed by atoms with Gasteiger partial charge in [0.2, 0.25) is 0 Å². The molecule has 0 unspecified atom stereocenters. The van der Waals surface area contributed by atoms with Crippen molar-refractivity contribution in [1.82, 2.24) is 0 Å². The lowest BCUT2D eigenvalue weighted by Crippen LogP contribution is -2.32. The van der Waals surface area contributed by atoms with Gasteiger partial charge in [-0.25, -0.2) is 4.90 Å². The molecule has 3 aromatic rings. The van der Waals surface area contributed by atoms with E-state index >= 15 is 0 Å². The summed E-state index contributed by atoms with van der Waals surface area (Å²) in [5, 5.41) is 2.66. The zero-order valence-corrected chi connectivity index (χ0v) is 21.6. The maximum Gasteiger partial charge on any atom is 0.283 e. The Kier molecular flexibility index (Phi) is 7.50. The number of benzene rings is 3. The van der Waals surface area contributed by atoms with Gasteiger partial charge in [-0.05, 0) is 61.9 Å². The molecule has 4 rings (SSSR count). The van der Waals surface area contributed by atoms with Crippen LogP contribution in [0.5, 0.6) is 11.5 Å². The van der Waals surface area contributed by atoms with E-state index < -0.39 is 11.8 Å². The van der Waals surface area contributed by atoms with E-state index in [9.17, 15) is 14.4 Å². The van der Waals surface area contributed by atoms with Gasteiger partial charge in [-0.3, -0.25) is 14.4 Å². The summed E-state index contributed by atoms with van der Waals surface area (Å²) in [7, 11) is 2.93. The molecule has 3 amide bonds. The van der Waals surface area contributed by atoms with Crippen LogP contribution in [0, 0.1) is 6.92 Å². The largest absolute Gasteiger partial charge is 0.497 e. The van der Waals surface area contributed by atoms with Crippen LogP contribution in [0.3, 0.4) is 0 Å². The number of hydrogen-bond acceptors (Lipinski definition) is 6. The van der Waals surface area contributed by atoms with Gasteiger partial charge in [-0.15, -0.1) is 0 Å². The number of halogens is 1. The Hall–Kier alpha value is -4.30. The van der Waals surface area contributed by atoms with E-state index in [-0.39, 0.29) is 28.1 Å². The molecule has 0 aliphatic carbocycles. The summed E-state index contributed by atoms with van der Waals surface area (Å²) >= 11 is 6.31. The van der Waals surface area contributed by atoms with E-state index in [1.807, 2.05) is 38.1 Å². The minimum atomic E-state index is -0.693. The van der Waals surface area contributed by atoms with Crippen molar-refractivity contribution in [3.8, 4) is 11.5 Å². The fourth-order valence-electron chi connectivity index (χ4n) is 4.07. The number of amides is 3. The number of aryl methyl sites for hydroxylation is 1. The van der Waals surface area contributed by atoms with E-state index in [2.05, 4.69) is 5.32 Å². The number of rotatable bonds is 8. The summed E-state index contributed by atoms with van der Waals surface area (Å²) in [6.07, 6.45) is 0. The Labute approximate surface area is 220 Å². The van der Waals surface area contributed by atoms with Crippen molar-refractivity contribution in [3.63, 3.8) is 0 Å². The zero-order chi connectivity index (χ0) is 26.7. The number of nitrogens with one attached hydrogen (secondary N) is 1. The van der Waals surface area contributed by atoms with Crippen molar-refractivity contribution in [1.29, 1.82) is 0 Å². The Morgan fingerprint density at radius 2 is 1.73 bits per heavy atom. The Morgan fingerprint density at radius 1 is 0.973 bits per heavy atom. The molecule has 0 saturated heterocycles. The lowest BCUT2D eigenvalue weighted by atomic mass is 10.1. The van der Waals surface area contributed by atoms with Gasteiger partial charge >= 0.3 is 0 Å². The topological polar surface area (TPSA) is 88.2 Å².